The lowest BCUT2D eigenvalue weighted by Crippen LogP contribution is -2.17. The summed E-state index contributed by atoms with van der Waals surface area (Å²) >= 11 is 0. The third-order valence-electron chi connectivity index (χ3n) is 3.24. The van der Waals surface area contributed by atoms with E-state index in [1.807, 2.05) is 0 Å². The van der Waals surface area contributed by atoms with Gasteiger partial charge >= 0.3 is 12.1 Å². The van der Waals surface area contributed by atoms with E-state index < -0.39 is 17.8 Å². The first kappa shape index (κ1) is 16.4. The average Bonchev–Trinajstić information content (AvgIpc) is 2.75. The number of carbonyl (C=O) groups is 1. The Labute approximate surface area is 125 Å². The summed E-state index contributed by atoms with van der Waals surface area (Å²) in [5.74, 6) is -0.425. The monoisotopic (exact) mass is 314 g/mol. The zero-order valence-electron chi connectivity index (χ0n) is 12.5. The van der Waals surface area contributed by atoms with E-state index in [0.717, 1.165) is 0 Å². The van der Waals surface area contributed by atoms with Crippen molar-refractivity contribution in [1.82, 2.24) is 9.88 Å². The van der Waals surface area contributed by atoms with Crippen LogP contribution in [0, 0.1) is 0 Å². The molecule has 0 aliphatic heterocycles. The SMILES string of the molecule is CC(=O)Oc1cccc2[nH]c(C(F)(F)F)c(CCN(C)C)c12. The molecule has 0 atom stereocenters. The third kappa shape index (κ3) is 3.41. The van der Waals surface area contributed by atoms with Gasteiger partial charge in [0.1, 0.15) is 11.4 Å². The molecule has 1 heterocycles. The summed E-state index contributed by atoms with van der Waals surface area (Å²) in [5.41, 5.74) is -0.364. The molecular formula is C15H17F3N2O2. The van der Waals surface area contributed by atoms with Crippen LogP contribution in [0.3, 0.4) is 0 Å². The number of hydrogen-bond acceptors (Lipinski definition) is 3. The molecule has 0 unspecified atom stereocenters. The number of aromatic amines is 1. The molecule has 0 radical (unpaired) electrons. The van der Waals surface area contributed by atoms with Crippen molar-refractivity contribution in [3.63, 3.8) is 0 Å². The molecule has 7 heteroatoms. The Balaban J connectivity index is 2.64. The lowest BCUT2D eigenvalue weighted by Gasteiger charge is -2.13. The number of rotatable bonds is 4. The molecule has 1 N–H and O–H groups in total. The number of benzene rings is 1. The van der Waals surface area contributed by atoms with Crippen molar-refractivity contribution in [2.24, 2.45) is 0 Å². The fourth-order valence-electron chi connectivity index (χ4n) is 2.35. The number of nitrogens with one attached hydrogen (secondary N) is 1. The molecule has 0 bridgehead atoms. The van der Waals surface area contributed by atoms with Gasteiger partial charge in [-0.25, -0.2) is 0 Å². The normalized spacial score (nSPS) is 12.1. The summed E-state index contributed by atoms with van der Waals surface area (Å²) in [7, 11) is 3.57. The van der Waals surface area contributed by atoms with E-state index in [1.165, 1.54) is 19.1 Å². The smallest absolute Gasteiger partial charge is 0.426 e. The highest BCUT2D eigenvalue weighted by Gasteiger charge is 2.36. The molecular weight excluding hydrogens is 297 g/mol. The summed E-state index contributed by atoms with van der Waals surface area (Å²) in [6.45, 7) is 1.67. The van der Waals surface area contributed by atoms with Gasteiger partial charge in [0.05, 0.1) is 0 Å². The van der Waals surface area contributed by atoms with Gasteiger partial charge in [-0.2, -0.15) is 13.2 Å². The number of carbonyl (C=O) groups excluding carboxylic acids is 1. The number of nitrogens with zero attached hydrogens (tertiary/aromatic N) is 1. The highest BCUT2D eigenvalue weighted by Crippen LogP contribution is 2.39. The van der Waals surface area contributed by atoms with E-state index >= 15 is 0 Å². The summed E-state index contributed by atoms with van der Waals surface area (Å²) in [6, 6.07) is 4.58. The Hall–Kier alpha value is -2.02. The van der Waals surface area contributed by atoms with E-state index in [1.54, 1.807) is 25.1 Å². The summed E-state index contributed by atoms with van der Waals surface area (Å²) < 4.78 is 44.8. The van der Waals surface area contributed by atoms with E-state index in [2.05, 4.69) is 4.98 Å². The van der Waals surface area contributed by atoms with E-state index in [4.69, 9.17) is 4.74 Å². The van der Waals surface area contributed by atoms with Crippen molar-refractivity contribution in [2.45, 2.75) is 19.5 Å². The van der Waals surface area contributed by atoms with Gasteiger partial charge < -0.3 is 14.6 Å². The minimum absolute atomic E-state index is 0.119. The summed E-state index contributed by atoms with van der Waals surface area (Å²) in [5, 5.41) is 0.312. The molecule has 0 fully saturated rings. The topological polar surface area (TPSA) is 45.3 Å². The predicted molar refractivity (Wildman–Crippen MR) is 76.9 cm³/mol. The second-order valence-electron chi connectivity index (χ2n) is 5.30. The van der Waals surface area contributed by atoms with Gasteiger partial charge in [-0.1, -0.05) is 6.07 Å². The zero-order chi connectivity index (χ0) is 16.5. The van der Waals surface area contributed by atoms with Crippen LogP contribution in [-0.2, 0) is 17.4 Å². The Morgan fingerprint density at radius 1 is 1.32 bits per heavy atom. The molecule has 120 valence electrons. The van der Waals surface area contributed by atoms with E-state index in [-0.39, 0.29) is 17.7 Å². The Morgan fingerprint density at radius 2 is 2.00 bits per heavy atom. The van der Waals surface area contributed by atoms with Crippen LogP contribution in [0.4, 0.5) is 13.2 Å². The minimum atomic E-state index is -4.49. The molecule has 1 aromatic carbocycles. The quantitative estimate of drug-likeness (QED) is 0.696. The molecule has 22 heavy (non-hydrogen) atoms. The standard InChI is InChI=1S/C15H17F3N2O2/c1-9(21)22-12-6-4-5-11-13(12)10(7-8-20(2)3)14(19-11)15(16,17)18/h4-6,19H,7-8H2,1-3H3. The number of ether oxygens (including phenoxy) is 1. The van der Waals surface area contributed by atoms with Crippen molar-refractivity contribution < 1.29 is 22.7 Å². The highest BCUT2D eigenvalue weighted by atomic mass is 19.4. The van der Waals surface area contributed by atoms with E-state index in [9.17, 15) is 18.0 Å². The highest BCUT2D eigenvalue weighted by molar-refractivity contribution is 5.92. The van der Waals surface area contributed by atoms with Gasteiger partial charge in [0, 0.05) is 24.4 Å². The molecule has 2 aromatic rings. The maximum atomic E-state index is 13.3. The Morgan fingerprint density at radius 3 is 2.55 bits per heavy atom. The fourth-order valence-corrected chi connectivity index (χ4v) is 2.35. The van der Waals surface area contributed by atoms with Crippen LogP contribution in [0.2, 0.25) is 0 Å². The van der Waals surface area contributed by atoms with Crippen molar-refractivity contribution in [2.75, 3.05) is 20.6 Å². The van der Waals surface area contributed by atoms with Gasteiger partial charge in [-0.3, -0.25) is 4.79 Å². The van der Waals surface area contributed by atoms with Crippen LogP contribution in [0.25, 0.3) is 10.9 Å². The number of H-pyrrole nitrogens is 1. The molecule has 0 spiro atoms. The first-order valence-electron chi connectivity index (χ1n) is 6.74. The molecule has 0 aliphatic carbocycles. The van der Waals surface area contributed by atoms with Crippen molar-refractivity contribution in [3.05, 3.63) is 29.5 Å². The van der Waals surface area contributed by atoms with E-state index in [0.29, 0.717) is 17.4 Å². The second-order valence-corrected chi connectivity index (χ2v) is 5.30. The molecule has 0 saturated heterocycles. The van der Waals surface area contributed by atoms with Crippen molar-refractivity contribution >= 4 is 16.9 Å². The number of likely N-dealkylation sites (N-methyl/N-ethyl adjacent to an activating group) is 1. The van der Waals surface area contributed by atoms with Crippen LogP contribution >= 0.6 is 0 Å². The summed E-state index contributed by atoms with van der Waals surface area (Å²) in [6.07, 6.45) is -4.30. The second kappa shape index (κ2) is 6.00. The Kier molecular flexibility index (Phi) is 4.46. The number of halogens is 3. The molecule has 4 nitrogen and oxygen atoms in total. The number of esters is 1. The minimum Gasteiger partial charge on any atom is -0.426 e. The first-order chi connectivity index (χ1) is 10.2. The number of alkyl halides is 3. The molecule has 0 amide bonds. The van der Waals surface area contributed by atoms with Crippen LogP contribution < -0.4 is 4.74 Å². The molecule has 0 saturated carbocycles. The predicted octanol–water partition coefficient (Wildman–Crippen LogP) is 3.22. The molecule has 1 aromatic heterocycles. The lowest BCUT2D eigenvalue weighted by molar-refractivity contribution is -0.141. The fraction of sp³-hybridized carbons (Fsp3) is 0.400. The van der Waals surface area contributed by atoms with Gasteiger partial charge in [0.2, 0.25) is 0 Å². The van der Waals surface area contributed by atoms with Crippen molar-refractivity contribution in [3.8, 4) is 5.75 Å². The maximum absolute atomic E-state index is 13.3. The van der Waals surface area contributed by atoms with Gasteiger partial charge in [0.15, 0.2) is 0 Å². The molecule has 2 rings (SSSR count). The van der Waals surface area contributed by atoms with Gasteiger partial charge in [-0.05, 0) is 38.2 Å². The average molecular weight is 314 g/mol. The van der Waals surface area contributed by atoms with Gasteiger partial charge in [-0.15, -0.1) is 0 Å². The number of fused-ring (bicyclic) bond motifs is 1. The van der Waals surface area contributed by atoms with Crippen LogP contribution in [0.15, 0.2) is 18.2 Å². The number of hydrogen-bond donors (Lipinski definition) is 1. The van der Waals surface area contributed by atoms with Crippen LogP contribution in [0.5, 0.6) is 5.75 Å². The lowest BCUT2D eigenvalue weighted by atomic mass is 10.1. The van der Waals surface area contributed by atoms with Crippen molar-refractivity contribution in [1.29, 1.82) is 0 Å². The van der Waals surface area contributed by atoms with Crippen LogP contribution in [0.1, 0.15) is 18.2 Å². The molecule has 0 aliphatic rings. The zero-order valence-corrected chi connectivity index (χ0v) is 12.5. The van der Waals surface area contributed by atoms with Gasteiger partial charge in [0.25, 0.3) is 0 Å². The largest absolute Gasteiger partial charge is 0.431 e. The first-order valence-corrected chi connectivity index (χ1v) is 6.74. The third-order valence-corrected chi connectivity index (χ3v) is 3.24. The summed E-state index contributed by atoms with van der Waals surface area (Å²) in [4.78, 5) is 15.4. The number of aromatic nitrogens is 1. The Bertz CT molecular complexity index is 690. The maximum Gasteiger partial charge on any atom is 0.431 e. The van der Waals surface area contributed by atoms with Crippen LogP contribution in [-0.4, -0.2) is 36.5 Å².